The summed E-state index contributed by atoms with van der Waals surface area (Å²) in [7, 11) is 1.63. The molecule has 3 rings (SSSR count). The summed E-state index contributed by atoms with van der Waals surface area (Å²) in [6.45, 7) is 4.49. The van der Waals surface area contributed by atoms with Gasteiger partial charge in [0.1, 0.15) is 22.1 Å². The van der Waals surface area contributed by atoms with Crippen LogP contribution in [-0.2, 0) is 6.61 Å². The van der Waals surface area contributed by atoms with Crippen LogP contribution in [0.4, 0.5) is 0 Å². The lowest BCUT2D eigenvalue weighted by molar-refractivity contribution is 0.261. The summed E-state index contributed by atoms with van der Waals surface area (Å²) in [6.07, 6.45) is 2.86. The molecule has 6 nitrogen and oxygen atoms in total. The van der Waals surface area contributed by atoms with Crippen molar-refractivity contribution in [2.75, 3.05) is 20.3 Å². The fraction of sp³-hybridized carbons (Fsp3) is 0.350. The predicted octanol–water partition coefficient (Wildman–Crippen LogP) is 4.27. The monoisotopic (exact) mass is 389 g/mol. The lowest BCUT2D eigenvalue weighted by atomic mass is 10.2. The Morgan fingerprint density at radius 3 is 2.52 bits per heavy atom. The SMILES string of the molecule is C=NOc1cc(CO)cc2c1Sc1c(OC)cccc1OCCCCCO2. The highest BCUT2D eigenvalue weighted by atomic mass is 32.2. The number of methoxy groups -OCH3 is 1. The van der Waals surface area contributed by atoms with Crippen molar-refractivity contribution < 1.29 is 24.2 Å². The largest absolute Gasteiger partial charge is 0.495 e. The molecule has 0 aromatic heterocycles. The number of aliphatic hydroxyl groups excluding tert-OH is 1. The van der Waals surface area contributed by atoms with Crippen molar-refractivity contribution >= 4 is 18.5 Å². The first kappa shape index (κ1) is 19.4. The Hall–Kier alpha value is -2.38. The van der Waals surface area contributed by atoms with Gasteiger partial charge >= 0.3 is 0 Å². The smallest absolute Gasteiger partial charge is 0.175 e. The molecule has 0 aliphatic carbocycles. The van der Waals surface area contributed by atoms with Crippen molar-refractivity contribution in [1.82, 2.24) is 0 Å². The van der Waals surface area contributed by atoms with E-state index in [4.69, 9.17) is 19.0 Å². The maximum Gasteiger partial charge on any atom is 0.175 e. The van der Waals surface area contributed by atoms with Gasteiger partial charge in [0.05, 0.1) is 31.8 Å². The normalized spacial score (nSPS) is 14.3. The van der Waals surface area contributed by atoms with Gasteiger partial charge in [0, 0.05) is 6.72 Å². The molecule has 0 spiro atoms. The van der Waals surface area contributed by atoms with E-state index in [9.17, 15) is 5.11 Å². The second kappa shape index (κ2) is 9.53. The number of fused-ring (bicyclic) bond motifs is 2. The van der Waals surface area contributed by atoms with Gasteiger partial charge in [-0.15, -0.1) is 0 Å². The fourth-order valence-electron chi connectivity index (χ4n) is 2.79. The van der Waals surface area contributed by atoms with E-state index in [1.165, 1.54) is 11.8 Å². The maximum atomic E-state index is 9.58. The lowest BCUT2D eigenvalue weighted by Gasteiger charge is -2.19. The number of oxime groups is 1. The molecule has 7 heteroatoms. The predicted molar refractivity (Wildman–Crippen MR) is 104 cm³/mol. The summed E-state index contributed by atoms with van der Waals surface area (Å²) in [5.74, 6) is 2.53. The molecule has 0 atom stereocenters. The molecule has 0 saturated carbocycles. The number of rotatable bonds is 4. The van der Waals surface area contributed by atoms with Gasteiger partial charge in [0.15, 0.2) is 5.75 Å². The van der Waals surface area contributed by atoms with Gasteiger partial charge in [0.25, 0.3) is 0 Å². The minimum Gasteiger partial charge on any atom is -0.495 e. The van der Waals surface area contributed by atoms with Crippen molar-refractivity contribution in [3.63, 3.8) is 0 Å². The van der Waals surface area contributed by atoms with Crippen LogP contribution in [0.1, 0.15) is 24.8 Å². The fourth-order valence-corrected chi connectivity index (χ4v) is 3.88. The standard InChI is InChI=1S/C20H23NO5S/c1-21-26-18-12-14(13-22)11-17-20(18)27-19-15(23-2)7-6-8-16(19)24-9-4-3-5-10-25-17/h6-8,11-12,22H,1,3-5,9-10,13H2,2H3. The van der Waals surface area contributed by atoms with Gasteiger partial charge in [-0.3, -0.25) is 0 Å². The van der Waals surface area contributed by atoms with Crippen LogP contribution in [0.3, 0.4) is 0 Å². The first-order valence-corrected chi connectivity index (χ1v) is 9.59. The van der Waals surface area contributed by atoms with Gasteiger partial charge < -0.3 is 24.2 Å². The third-order valence-electron chi connectivity index (χ3n) is 4.10. The highest BCUT2D eigenvalue weighted by Gasteiger charge is 2.21. The van der Waals surface area contributed by atoms with Crippen LogP contribution in [0.15, 0.2) is 45.3 Å². The van der Waals surface area contributed by atoms with Crippen molar-refractivity contribution in [2.24, 2.45) is 5.16 Å². The number of ether oxygens (including phenoxy) is 3. The van der Waals surface area contributed by atoms with Crippen LogP contribution in [0.5, 0.6) is 23.0 Å². The minimum atomic E-state index is -0.127. The zero-order chi connectivity index (χ0) is 19.1. The van der Waals surface area contributed by atoms with E-state index < -0.39 is 0 Å². The van der Waals surface area contributed by atoms with Crippen LogP contribution in [0.25, 0.3) is 0 Å². The molecular formula is C20H23NO5S. The van der Waals surface area contributed by atoms with E-state index in [1.807, 2.05) is 24.3 Å². The molecule has 1 aliphatic rings. The minimum absolute atomic E-state index is 0.127. The number of nitrogens with zero attached hydrogens (tertiary/aromatic N) is 1. The van der Waals surface area contributed by atoms with Crippen LogP contribution in [0, 0.1) is 0 Å². The summed E-state index contributed by atoms with van der Waals surface area (Å²) >= 11 is 1.42. The van der Waals surface area contributed by atoms with E-state index in [1.54, 1.807) is 13.2 Å². The van der Waals surface area contributed by atoms with Gasteiger partial charge in [-0.2, -0.15) is 0 Å². The average molecular weight is 389 g/mol. The molecule has 2 aromatic rings. The molecule has 1 N–H and O–H groups in total. The zero-order valence-corrected chi connectivity index (χ0v) is 16.1. The van der Waals surface area contributed by atoms with E-state index >= 15 is 0 Å². The van der Waals surface area contributed by atoms with Crippen LogP contribution in [-0.4, -0.2) is 32.1 Å². The zero-order valence-electron chi connectivity index (χ0n) is 15.3. The third kappa shape index (κ3) is 4.67. The Balaban J connectivity index is 2.13. The van der Waals surface area contributed by atoms with Gasteiger partial charge in [-0.1, -0.05) is 23.0 Å². The second-order valence-corrected chi connectivity index (χ2v) is 6.97. The number of hydrogen-bond acceptors (Lipinski definition) is 7. The Morgan fingerprint density at radius 1 is 1.07 bits per heavy atom. The first-order chi connectivity index (χ1) is 13.3. The molecule has 0 amide bonds. The van der Waals surface area contributed by atoms with E-state index in [0.717, 1.165) is 34.8 Å². The second-order valence-electron chi connectivity index (χ2n) is 5.95. The Labute approximate surface area is 163 Å². The molecule has 0 radical (unpaired) electrons. The Bertz CT molecular complexity index is 796. The Morgan fingerprint density at radius 2 is 1.81 bits per heavy atom. The van der Waals surface area contributed by atoms with Crippen molar-refractivity contribution in [1.29, 1.82) is 0 Å². The molecule has 0 saturated heterocycles. The first-order valence-electron chi connectivity index (χ1n) is 8.78. The molecule has 144 valence electrons. The summed E-state index contributed by atoms with van der Waals surface area (Å²) in [5.41, 5.74) is 0.677. The Kier molecular flexibility index (Phi) is 6.84. The topological polar surface area (TPSA) is 69.5 Å². The summed E-state index contributed by atoms with van der Waals surface area (Å²) in [5, 5.41) is 13.1. The average Bonchev–Trinajstić information content (AvgIpc) is 2.68. The van der Waals surface area contributed by atoms with Gasteiger partial charge in [-0.25, -0.2) is 0 Å². The van der Waals surface area contributed by atoms with E-state index in [2.05, 4.69) is 11.9 Å². The number of aliphatic hydroxyl groups is 1. The third-order valence-corrected chi connectivity index (χ3v) is 5.31. The summed E-state index contributed by atoms with van der Waals surface area (Å²) in [4.78, 5) is 6.94. The molecular weight excluding hydrogens is 366 g/mol. The quantitative estimate of drug-likeness (QED) is 0.622. The van der Waals surface area contributed by atoms with E-state index in [0.29, 0.717) is 36.0 Å². The number of benzene rings is 2. The number of hydrogen-bond donors (Lipinski definition) is 1. The molecule has 0 bridgehead atoms. The van der Waals surface area contributed by atoms with Crippen molar-refractivity contribution in [2.45, 2.75) is 35.7 Å². The molecule has 27 heavy (non-hydrogen) atoms. The molecule has 1 heterocycles. The lowest BCUT2D eigenvalue weighted by Crippen LogP contribution is -2.05. The van der Waals surface area contributed by atoms with E-state index in [-0.39, 0.29) is 6.61 Å². The highest BCUT2D eigenvalue weighted by Crippen LogP contribution is 2.49. The van der Waals surface area contributed by atoms with Crippen LogP contribution < -0.4 is 19.0 Å². The molecule has 0 unspecified atom stereocenters. The van der Waals surface area contributed by atoms with Crippen molar-refractivity contribution in [3.05, 3.63) is 35.9 Å². The maximum absolute atomic E-state index is 9.58. The van der Waals surface area contributed by atoms with Gasteiger partial charge in [-0.05, 0) is 49.1 Å². The van der Waals surface area contributed by atoms with Crippen LogP contribution >= 0.6 is 11.8 Å². The molecule has 1 aliphatic heterocycles. The van der Waals surface area contributed by atoms with Crippen LogP contribution in [0.2, 0.25) is 0 Å². The van der Waals surface area contributed by atoms with Gasteiger partial charge in [0.2, 0.25) is 0 Å². The molecule has 0 fully saturated rings. The highest BCUT2D eigenvalue weighted by molar-refractivity contribution is 7.99. The van der Waals surface area contributed by atoms with Crippen molar-refractivity contribution in [3.8, 4) is 23.0 Å². The summed E-state index contributed by atoms with van der Waals surface area (Å²) in [6, 6.07) is 9.26. The molecule has 2 aromatic carbocycles. The summed E-state index contributed by atoms with van der Waals surface area (Å²) < 4.78 is 17.6.